The molecule has 0 saturated heterocycles. The summed E-state index contributed by atoms with van der Waals surface area (Å²) in [6.07, 6.45) is 3.51. The van der Waals surface area contributed by atoms with Crippen molar-refractivity contribution in [1.82, 2.24) is 24.5 Å². The third-order valence-electron chi connectivity index (χ3n) is 3.10. The van der Waals surface area contributed by atoms with Crippen molar-refractivity contribution in [2.24, 2.45) is 0 Å². The van der Waals surface area contributed by atoms with Crippen LogP contribution in [0.1, 0.15) is 6.92 Å². The number of imidazole rings is 1. The van der Waals surface area contributed by atoms with E-state index in [0.717, 1.165) is 29.9 Å². The third-order valence-corrected chi connectivity index (χ3v) is 3.42. The number of nitrogens with one attached hydrogen (secondary N) is 1. The van der Waals surface area contributed by atoms with Crippen molar-refractivity contribution in [3.05, 3.63) is 35.4 Å². The molecule has 7 heteroatoms. The van der Waals surface area contributed by atoms with Crippen LogP contribution in [0.25, 0.3) is 11.0 Å². The molecule has 0 aliphatic heterocycles. The molecule has 0 aliphatic rings. The maximum atomic E-state index is 5.62. The number of nitrogens with zero attached hydrogens (tertiary/aromatic N) is 4. The number of para-hydroxylation sites is 1. The number of H-pyrrole nitrogens is 1. The molecule has 1 N–H and O–H groups in total. The summed E-state index contributed by atoms with van der Waals surface area (Å²) in [5, 5.41) is 7.75. The van der Waals surface area contributed by atoms with Gasteiger partial charge in [-0.15, -0.1) is 5.10 Å². The minimum atomic E-state index is 0.629. The van der Waals surface area contributed by atoms with Gasteiger partial charge in [-0.05, 0) is 31.3 Å². The maximum Gasteiger partial charge on any atom is 0.178 e. The standard InChI is InChI=1S/C13H15N5OS/c1-2-19-11-5-3-4-10-12(11)15-13(20)18(10)9-8-17-7-6-14-16-17/h3-7H,2,8-9H2,1H3,(H,15,20). The lowest BCUT2D eigenvalue weighted by Gasteiger charge is -2.06. The van der Waals surface area contributed by atoms with Gasteiger partial charge in [-0.3, -0.25) is 4.68 Å². The molecule has 2 heterocycles. The molecule has 1 aromatic carbocycles. The van der Waals surface area contributed by atoms with E-state index in [4.69, 9.17) is 17.0 Å². The Morgan fingerprint density at radius 3 is 3.00 bits per heavy atom. The van der Waals surface area contributed by atoms with E-state index in [9.17, 15) is 0 Å². The Labute approximate surface area is 121 Å². The highest BCUT2D eigenvalue weighted by molar-refractivity contribution is 7.71. The van der Waals surface area contributed by atoms with Gasteiger partial charge in [0.2, 0.25) is 0 Å². The van der Waals surface area contributed by atoms with Gasteiger partial charge in [-0.25, -0.2) is 0 Å². The summed E-state index contributed by atoms with van der Waals surface area (Å²) < 4.78 is 10.1. The van der Waals surface area contributed by atoms with Crippen molar-refractivity contribution in [3.8, 4) is 5.75 Å². The van der Waals surface area contributed by atoms with E-state index >= 15 is 0 Å². The monoisotopic (exact) mass is 289 g/mol. The maximum absolute atomic E-state index is 5.62. The van der Waals surface area contributed by atoms with E-state index in [1.54, 1.807) is 10.9 Å². The van der Waals surface area contributed by atoms with Gasteiger partial charge >= 0.3 is 0 Å². The zero-order valence-corrected chi connectivity index (χ0v) is 11.9. The lowest BCUT2D eigenvalue weighted by molar-refractivity contribution is 0.343. The van der Waals surface area contributed by atoms with Gasteiger partial charge in [-0.1, -0.05) is 11.3 Å². The van der Waals surface area contributed by atoms with Gasteiger partial charge in [0.25, 0.3) is 0 Å². The molecule has 20 heavy (non-hydrogen) atoms. The summed E-state index contributed by atoms with van der Waals surface area (Å²) in [7, 11) is 0. The van der Waals surface area contributed by atoms with Crippen LogP contribution in [0.3, 0.4) is 0 Å². The summed E-state index contributed by atoms with van der Waals surface area (Å²) in [5.74, 6) is 0.829. The SMILES string of the molecule is CCOc1cccc2c1[nH]c(=S)n2CCn1ccnn1. The highest BCUT2D eigenvalue weighted by atomic mass is 32.1. The predicted octanol–water partition coefficient (Wildman–Crippen LogP) is 2.39. The molecule has 0 fully saturated rings. The molecule has 2 aromatic heterocycles. The molecule has 104 valence electrons. The van der Waals surface area contributed by atoms with Crippen LogP contribution in [-0.4, -0.2) is 31.2 Å². The fourth-order valence-electron chi connectivity index (χ4n) is 2.21. The zero-order chi connectivity index (χ0) is 13.9. The topological polar surface area (TPSA) is 60.7 Å². The van der Waals surface area contributed by atoms with Crippen LogP contribution in [0, 0.1) is 4.77 Å². The Kier molecular flexibility index (Phi) is 3.51. The van der Waals surface area contributed by atoms with Gasteiger partial charge in [0.1, 0.15) is 11.3 Å². The largest absolute Gasteiger partial charge is 0.492 e. The summed E-state index contributed by atoms with van der Waals surface area (Å²) in [5.41, 5.74) is 1.99. The van der Waals surface area contributed by atoms with Crippen LogP contribution in [0.4, 0.5) is 0 Å². The molecule has 3 rings (SSSR count). The second-order valence-electron chi connectivity index (χ2n) is 4.33. The third kappa shape index (κ3) is 2.32. The highest BCUT2D eigenvalue weighted by Crippen LogP contribution is 2.24. The fourth-order valence-corrected chi connectivity index (χ4v) is 2.50. The lowest BCUT2D eigenvalue weighted by Crippen LogP contribution is -2.08. The number of fused-ring (bicyclic) bond motifs is 1. The van der Waals surface area contributed by atoms with Crippen molar-refractivity contribution in [2.75, 3.05) is 6.61 Å². The summed E-state index contributed by atoms with van der Waals surface area (Å²) >= 11 is 5.40. The number of hydrogen-bond donors (Lipinski definition) is 1. The summed E-state index contributed by atoms with van der Waals surface area (Å²) in [6.45, 7) is 4.05. The first-order chi connectivity index (χ1) is 9.79. The normalized spacial score (nSPS) is 11.1. The molecular formula is C13H15N5OS. The second kappa shape index (κ2) is 5.46. The number of aromatic amines is 1. The van der Waals surface area contributed by atoms with Crippen LogP contribution in [-0.2, 0) is 13.1 Å². The van der Waals surface area contributed by atoms with E-state index in [-0.39, 0.29) is 0 Å². The lowest BCUT2D eigenvalue weighted by atomic mass is 10.3. The number of rotatable bonds is 5. The molecule has 6 nitrogen and oxygen atoms in total. The van der Waals surface area contributed by atoms with Crippen LogP contribution in [0.5, 0.6) is 5.75 Å². The highest BCUT2D eigenvalue weighted by Gasteiger charge is 2.09. The van der Waals surface area contributed by atoms with Gasteiger partial charge in [0, 0.05) is 12.7 Å². The molecule has 0 bridgehead atoms. The minimum Gasteiger partial charge on any atom is -0.492 e. The Bertz CT molecular complexity index is 759. The quantitative estimate of drug-likeness (QED) is 0.733. The molecule has 3 aromatic rings. The van der Waals surface area contributed by atoms with Gasteiger partial charge in [0.15, 0.2) is 4.77 Å². The smallest absolute Gasteiger partial charge is 0.178 e. The van der Waals surface area contributed by atoms with E-state index in [2.05, 4.69) is 19.9 Å². The van der Waals surface area contributed by atoms with Crippen molar-refractivity contribution in [2.45, 2.75) is 20.0 Å². The summed E-state index contributed by atoms with van der Waals surface area (Å²) in [4.78, 5) is 3.22. The van der Waals surface area contributed by atoms with Gasteiger partial charge in [-0.2, -0.15) is 0 Å². The fraction of sp³-hybridized carbons (Fsp3) is 0.308. The van der Waals surface area contributed by atoms with Gasteiger partial charge < -0.3 is 14.3 Å². The first kappa shape index (κ1) is 12.9. The van der Waals surface area contributed by atoms with Crippen molar-refractivity contribution in [3.63, 3.8) is 0 Å². The van der Waals surface area contributed by atoms with Gasteiger partial charge in [0.05, 0.1) is 24.9 Å². The van der Waals surface area contributed by atoms with Crippen molar-refractivity contribution >= 4 is 23.3 Å². The molecule has 0 amide bonds. The average molecular weight is 289 g/mol. The van der Waals surface area contributed by atoms with Crippen LogP contribution in [0.15, 0.2) is 30.6 Å². The van der Waals surface area contributed by atoms with Crippen molar-refractivity contribution < 1.29 is 4.74 Å². The second-order valence-corrected chi connectivity index (χ2v) is 4.72. The molecule has 0 atom stereocenters. The number of ether oxygens (including phenoxy) is 1. The van der Waals surface area contributed by atoms with E-state index in [0.29, 0.717) is 11.4 Å². The molecule has 0 spiro atoms. The molecule has 0 saturated carbocycles. The van der Waals surface area contributed by atoms with E-state index < -0.39 is 0 Å². The van der Waals surface area contributed by atoms with E-state index in [1.165, 1.54) is 0 Å². The number of aryl methyl sites for hydroxylation is 2. The zero-order valence-electron chi connectivity index (χ0n) is 11.1. The molecule has 0 radical (unpaired) electrons. The first-order valence-electron chi connectivity index (χ1n) is 6.48. The number of aromatic nitrogens is 5. The molecule has 0 aliphatic carbocycles. The van der Waals surface area contributed by atoms with Crippen molar-refractivity contribution in [1.29, 1.82) is 0 Å². The Morgan fingerprint density at radius 1 is 1.35 bits per heavy atom. The van der Waals surface area contributed by atoms with Crippen LogP contribution >= 0.6 is 12.2 Å². The molecular weight excluding hydrogens is 274 g/mol. The predicted molar refractivity (Wildman–Crippen MR) is 78.3 cm³/mol. The Balaban J connectivity index is 1.96. The average Bonchev–Trinajstić information content (AvgIpc) is 3.05. The Hall–Kier alpha value is -2.15. The first-order valence-corrected chi connectivity index (χ1v) is 6.89. The Morgan fingerprint density at radius 2 is 2.25 bits per heavy atom. The van der Waals surface area contributed by atoms with E-state index in [1.807, 2.05) is 31.3 Å². The van der Waals surface area contributed by atoms with Crippen LogP contribution in [0.2, 0.25) is 0 Å². The molecule has 0 unspecified atom stereocenters. The minimum absolute atomic E-state index is 0.629. The van der Waals surface area contributed by atoms with Crippen LogP contribution < -0.4 is 4.74 Å². The number of benzene rings is 1. The number of hydrogen-bond acceptors (Lipinski definition) is 4. The summed E-state index contributed by atoms with van der Waals surface area (Å²) in [6, 6.07) is 5.95.